The number of amides is 2. The predicted octanol–water partition coefficient (Wildman–Crippen LogP) is 1.60. The molecule has 3 N–H and O–H groups in total. The lowest BCUT2D eigenvalue weighted by molar-refractivity contribution is -0.132. The summed E-state index contributed by atoms with van der Waals surface area (Å²) in [6.07, 6.45) is 3.31. The van der Waals surface area contributed by atoms with Crippen molar-refractivity contribution in [2.24, 2.45) is 5.73 Å². The molecule has 5 nitrogen and oxygen atoms in total. The Morgan fingerprint density at radius 3 is 2.80 bits per heavy atom. The van der Waals surface area contributed by atoms with Gasteiger partial charge < -0.3 is 16.0 Å². The average molecular weight is 275 g/mol. The highest BCUT2D eigenvalue weighted by Gasteiger charge is 2.22. The Bertz CT molecular complexity index is 502. The SMILES string of the molecule is C[C@H]1CCCCN1C(=O)CNc1ccccc1C(N)=O. The molecule has 0 bridgehead atoms. The number of rotatable bonds is 4. The van der Waals surface area contributed by atoms with Crippen LogP contribution < -0.4 is 11.1 Å². The molecular formula is C15H21N3O2. The second kappa shape index (κ2) is 6.41. The van der Waals surface area contributed by atoms with Crippen LogP contribution in [-0.2, 0) is 4.79 Å². The second-order valence-electron chi connectivity index (χ2n) is 5.20. The molecule has 1 atom stereocenters. The third kappa shape index (κ3) is 3.29. The lowest BCUT2D eigenvalue weighted by atomic mass is 10.0. The van der Waals surface area contributed by atoms with Crippen LogP contribution >= 0.6 is 0 Å². The molecule has 20 heavy (non-hydrogen) atoms. The largest absolute Gasteiger partial charge is 0.376 e. The molecule has 1 aromatic rings. The number of piperidine rings is 1. The molecule has 1 fully saturated rings. The van der Waals surface area contributed by atoms with Crippen molar-refractivity contribution in [2.75, 3.05) is 18.4 Å². The van der Waals surface area contributed by atoms with Gasteiger partial charge in [-0.05, 0) is 38.3 Å². The Morgan fingerprint density at radius 1 is 1.35 bits per heavy atom. The van der Waals surface area contributed by atoms with Crippen LogP contribution in [0.2, 0.25) is 0 Å². The second-order valence-corrected chi connectivity index (χ2v) is 5.20. The quantitative estimate of drug-likeness (QED) is 0.876. The van der Waals surface area contributed by atoms with Crippen molar-refractivity contribution in [2.45, 2.75) is 32.2 Å². The highest BCUT2D eigenvalue weighted by molar-refractivity contribution is 5.99. The van der Waals surface area contributed by atoms with E-state index in [2.05, 4.69) is 12.2 Å². The Morgan fingerprint density at radius 2 is 2.10 bits per heavy atom. The molecule has 0 saturated carbocycles. The molecule has 0 aromatic heterocycles. The van der Waals surface area contributed by atoms with Crippen LogP contribution in [0.5, 0.6) is 0 Å². The average Bonchev–Trinajstić information content (AvgIpc) is 2.45. The molecule has 0 spiro atoms. The van der Waals surface area contributed by atoms with Gasteiger partial charge in [0.15, 0.2) is 0 Å². The molecule has 1 saturated heterocycles. The molecule has 0 unspecified atom stereocenters. The van der Waals surface area contributed by atoms with E-state index in [1.54, 1.807) is 18.2 Å². The van der Waals surface area contributed by atoms with Crippen molar-refractivity contribution in [3.8, 4) is 0 Å². The standard InChI is InChI=1S/C15H21N3O2/c1-11-6-4-5-9-18(11)14(19)10-17-13-8-3-2-7-12(13)15(16)20/h2-3,7-8,11,17H,4-6,9-10H2,1H3,(H2,16,20)/t11-/m0/s1. The number of nitrogens with one attached hydrogen (secondary N) is 1. The maximum absolute atomic E-state index is 12.2. The molecule has 0 aliphatic carbocycles. The summed E-state index contributed by atoms with van der Waals surface area (Å²) in [4.78, 5) is 25.4. The zero-order valence-corrected chi connectivity index (χ0v) is 11.8. The van der Waals surface area contributed by atoms with Gasteiger partial charge in [0, 0.05) is 18.3 Å². The van der Waals surface area contributed by atoms with Crippen LogP contribution in [0.4, 0.5) is 5.69 Å². The number of nitrogens with two attached hydrogens (primary N) is 1. The molecule has 1 aliphatic heterocycles. The molecule has 108 valence electrons. The van der Waals surface area contributed by atoms with Gasteiger partial charge in [0.05, 0.1) is 12.1 Å². The molecule has 0 radical (unpaired) electrons. The van der Waals surface area contributed by atoms with Crippen molar-refractivity contribution < 1.29 is 9.59 Å². The van der Waals surface area contributed by atoms with E-state index in [0.717, 1.165) is 19.4 Å². The van der Waals surface area contributed by atoms with Gasteiger partial charge >= 0.3 is 0 Å². The number of hydrogen-bond acceptors (Lipinski definition) is 3. The number of anilines is 1. The first kappa shape index (κ1) is 14.4. The van der Waals surface area contributed by atoms with Crippen LogP contribution in [-0.4, -0.2) is 35.8 Å². The molecule has 1 heterocycles. The van der Waals surface area contributed by atoms with E-state index in [4.69, 9.17) is 5.73 Å². The van der Waals surface area contributed by atoms with Gasteiger partial charge in [0.25, 0.3) is 5.91 Å². The van der Waals surface area contributed by atoms with E-state index < -0.39 is 5.91 Å². The van der Waals surface area contributed by atoms with Crippen LogP contribution in [0.1, 0.15) is 36.5 Å². The minimum Gasteiger partial charge on any atom is -0.376 e. The van der Waals surface area contributed by atoms with Gasteiger partial charge in [0.1, 0.15) is 0 Å². The van der Waals surface area contributed by atoms with Crippen LogP contribution in [0.15, 0.2) is 24.3 Å². The zero-order valence-electron chi connectivity index (χ0n) is 11.8. The minimum absolute atomic E-state index is 0.0662. The number of para-hydroxylation sites is 1. The fraction of sp³-hybridized carbons (Fsp3) is 0.467. The molecule has 2 amide bonds. The van der Waals surface area contributed by atoms with E-state index >= 15 is 0 Å². The maximum Gasteiger partial charge on any atom is 0.250 e. The van der Waals surface area contributed by atoms with Gasteiger partial charge in [-0.1, -0.05) is 12.1 Å². The molecular weight excluding hydrogens is 254 g/mol. The maximum atomic E-state index is 12.2. The van der Waals surface area contributed by atoms with E-state index in [1.807, 2.05) is 11.0 Å². The minimum atomic E-state index is -0.494. The van der Waals surface area contributed by atoms with Crippen molar-refractivity contribution in [1.82, 2.24) is 4.90 Å². The zero-order chi connectivity index (χ0) is 14.5. The fourth-order valence-corrected chi connectivity index (χ4v) is 2.59. The topological polar surface area (TPSA) is 75.4 Å². The molecule has 1 aliphatic rings. The number of primary amides is 1. The fourth-order valence-electron chi connectivity index (χ4n) is 2.59. The first-order valence-corrected chi connectivity index (χ1v) is 7.02. The first-order chi connectivity index (χ1) is 9.59. The number of carbonyl (C=O) groups excluding carboxylic acids is 2. The van der Waals surface area contributed by atoms with Crippen molar-refractivity contribution in [3.63, 3.8) is 0 Å². The highest BCUT2D eigenvalue weighted by Crippen LogP contribution is 2.17. The lowest BCUT2D eigenvalue weighted by Crippen LogP contribution is -2.44. The Labute approximate surface area is 119 Å². The summed E-state index contributed by atoms with van der Waals surface area (Å²) in [5.74, 6) is -0.427. The summed E-state index contributed by atoms with van der Waals surface area (Å²) < 4.78 is 0. The predicted molar refractivity (Wildman–Crippen MR) is 78.5 cm³/mol. The summed E-state index contributed by atoms with van der Waals surface area (Å²) in [6.45, 7) is 3.09. The first-order valence-electron chi connectivity index (χ1n) is 7.02. The van der Waals surface area contributed by atoms with Gasteiger partial charge in [-0.2, -0.15) is 0 Å². The van der Waals surface area contributed by atoms with Gasteiger partial charge in [-0.3, -0.25) is 9.59 Å². The third-order valence-corrected chi connectivity index (χ3v) is 3.75. The van der Waals surface area contributed by atoms with Crippen molar-refractivity contribution in [1.29, 1.82) is 0 Å². The van der Waals surface area contributed by atoms with E-state index in [0.29, 0.717) is 17.3 Å². The van der Waals surface area contributed by atoms with E-state index in [9.17, 15) is 9.59 Å². The number of likely N-dealkylation sites (tertiary alicyclic amines) is 1. The van der Waals surface area contributed by atoms with Gasteiger partial charge in [-0.25, -0.2) is 0 Å². The third-order valence-electron chi connectivity index (χ3n) is 3.75. The molecule has 1 aromatic carbocycles. The van der Waals surface area contributed by atoms with Crippen LogP contribution in [0.3, 0.4) is 0 Å². The lowest BCUT2D eigenvalue weighted by Gasteiger charge is -2.33. The van der Waals surface area contributed by atoms with Crippen molar-refractivity contribution in [3.05, 3.63) is 29.8 Å². The monoisotopic (exact) mass is 275 g/mol. The number of hydrogen-bond donors (Lipinski definition) is 2. The van der Waals surface area contributed by atoms with E-state index in [1.165, 1.54) is 6.42 Å². The van der Waals surface area contributed by atoms with Crippen molar-refractivity contribution >= 4 is 17.5 Å². The number of nitrogens with zero attached hydrogens (tertiary/aromatic N) is 1. The smallest absolute Gasteiger partial charge is 0.250 e. The Balaban J connectivity index is 1.98. The van der Waals surface area contributed by atoms with Gasteiger partial charge in [-0.15, -0.1) is 0 Å². The molecule has 5 heteroatoms. The summed E-state index contributed by atoms with van der Waals surface area (Å²) in [6, 6.07) is 7.26. The van der Waals surface area contributed by atoms with Gasteiger partial charge in [0.2, 0.25) is 5.91 Å². The number of carbonyl (C=O) groups is 2. The number of benzene rings is 1. The Hall–Kier alpha value is -2.04. The molecule has 2 rings (SSSR count). The summed E-state index contributed by atoms with van der Waals surface area (Å²) >= 11 is 0. The van der Waals surface area contributed by atoms with Crippen LogP contribution in [0.25, 0.3) is 0 Å². The normalized spacial score (nSPS) is 18.6. The summed E-state index contributed by atoms with van der Waals surface area (Å²) in [5, 5.41) is 3.02. The summed E-state index contributed by atoms with van der Waals surface area (Å²) in [7, 11) is 0. The van der Waals surface area contributed by atoms with Crippen LogP contribution in [0, 0.1) is 0 Å². The Kier molecular flexibility index (Phi) is 4.61. The highest BCUT2D eigenvalue weighted by atomic mass is 16.2. The summed E-state index contributed by atoms with van der Waals surface area (Å²) in [5.41, 5.74) is 6.33. The van der Waals surface area contributed by atoms with E-state index in [-0.39, 0.29) is 12.5 Å².